The van der Waals surface area contributed by atoms with Crippen LogP contribution in [0, 0.1) is 11.7 Å². The summed E-state index contributed by atoms with van der Waals surface area (Å²) in [5, 5.41) is 3.00. The van der Waals surface area contributed by atoms with E-state index in [2.05, 4.69) is 30.0 Å². The Bertz CT molecular complexity index is 1100. The maximum Gasteiger partial charge on any atom is 0.240 e. The molecule has 1 fully saturated rings. The molecule has 1 aliphatic carbocycles. The second kappa shape index (κ2) is 9.44. The van der Waals surface area contributed by atoms with Gasteiger partial charge in [-0.25, -0.2) is 37.5 Å². The second-order valence-corrected chi connectivity index (χ2v) is 9.29. The van der Waals surface area contributed by atoms with Gasteiger partial charge in [-0.15, -0.1) is 0 Å². The lowest BCUT2D eigenvalue weighted by Crippen LogP contribution is -2.31. The first-order valence-corrected chi connectivity index (χ1v) is 11.6. The molecule has 0 radical (unpaired) electrons. The summed E-state index contributed by atoms with van der Waals surface area (Å²) in [7, 11) is -3.63. The van der Waals surface area contributed by atoms with Crippen LogP contribution >= 0.6 is 0 Å². The van der Waals surface area contributed by atoms with E-state index in [0.717, 1.165) is 43.5 Å². The lowest BCUT2D eigenvalue weighted by atomic mass is 9.80. The first kappa shape index (κ1) is 21.3. The predicted molar refractivity (Wildman–Crippen MR) is 114 cm³/mol. The highest BCUT2D eigenvalue weighted by Gasteiger charge is 2.25. The van der Waals surface area contributed by atoms with Gasteiger partial charge in [0.15, 0.2) is 0 Å². The Morgan fingerprint density at radius 1 is 0.903 bits per heavy atom. The van der Waals surface area contributed by atoms with E-state index in [1.165, 1.54) is 12.1 Å². The normalized spacial score (nSPS) is 19.1. The lowest BCUT2D eigenvalue weighted by Gasteiger charge is -2.28. The van der Waals surface area contributed by atoms with E-state index in [4.69, 9.17) is 0 Å². The molecule has 10 heteroatoms. The third kappa shape index (κ3) is 5.59. The van der Waals surface area contributed by atoms with Crippen molar-refractivity contribution in [3.05, 3.63) is 66.5 Å². The Morgan fingerprint density at radius 3 is 2.29 bits per heavy atom. The van der Waals surface area contributed by atoms with Crippen LogP contribution in [0.1, 0.15) is 37.3 Å². The fourth-order valence-electron chi connectivity index (χ4n) is 3.71. The van der Waals surface area contributed by atoms with Crippen LogP contribution in [0.15, 0.2) is 59.9 Å². The van der Waals surface area contributed by atoms with Crippen molar-refractivity contribution >= 4 is 21.9 Å². The highest BCUT2D eigenvalue weighted by Crippen LogP contribution is 2.35. The topological polar surface area (TPSA) is 110 Å². The highest BCUT2D eigenvalue weighted by atomic mass is 32.2. The van der Waals surface area contributed by atoms with Gasteiger partial charge in [0.1, 0.15) is 5.82 Å². The van der Waals surface area contributed by atoms with Crippen LogP contribution in [0.4, 0.5) is 16.3 Å². The van der Waals surface area contributed by atoms with E-state index in [1.54, 1.807) is 24.7 Å². The van der Waals surface area contributed by atoms with Crippen LogP contribution in [0.3, 0.4) is 0 Å². The summed E-state index contributed by atoms with van der Waals surface area (Å²) in [4.78, 5) is 17.1. The van der Waals surface area contributed by atoms with E-state index in [0.29, 0.717) is 24.4 Å². The molecule has 0 unspecified atom stereocenters. The van der Waals surface area contributed by atoms with Gasteiger partial charge >= 0.3 is 0 Å². The summed E-state index contributed by atoms with van der Waals surface area (Å²) in [5.74, 6) is 0.986. The maximum atomic E-state index is 13.0. The number of hydrogen-bond donors (Lipinski definition) is 2. The second-order valence-electron chi connectivity index (χ2n) is 7.53. The summed E-state index contributed by atoms with van der Waals surface area (Å²) in [5.41, 5.74) is 0.957. The average molecular weight is 443 g/mol. The molecule has 31 heavy (non-hydrogen) atoms. The number of sulfonamides is 1. The van der Waals surface area contributed by atoms with E-state index in [1.807, 2.05) is 6.07 Å². The van der Waals surface area contributed by atoms with Crippen molar-refractivity contribution in [1.29, 1.82) is 0 Å². The van der Waals surface area contributed by atoms with Crippen LogP contribution in [-0.4, -0.2) is 34.9 Å². The Kier molecular flexibility index (Phi) is 6.47. The smallest absolute Gasteiger partial charge is 0.240 e. The monoisotopic (exact) mass is 442 g/mol. The van der Waals surface area contributed by atoms with Crippen molar-refractivity contribution in [3.8, 4) is 0 Å². The number of rotatable bonds is 7. The average Bonchev–Trinajstić information content (AvgIpc) is 2.79. The lowest BCUT2D eigenvalue weighted by molar-refractivity contribution is 0.322. The summed E-state index contributed by atoms with van der Waals surface area (Å²) >= 11 is 0. The predicted octanol–water partition coefficient (Wildman–Crippen LogP) is 3.40. The van der Waals surface area contributed by atoms with Gasteiger partial charge in [-0.3, -0.25) is 5.32 Å². The molecule has 2 N–H and O–H groups in total. The molecule has 8 nitrogen and oxygen atoms in total. The summed E-state index contributed by atoms with van der Waals surface area (Å²) in [6, 6.07) is 8.49. The summed E-state index contributed by atoms with van der Waals surface area (Å²) < 4.78 is 40.5. The fourth-order valence-corrected chi connectivity index (χ4v) is 4.83. The Labute approximate surface area is 180 Å². The van der Waals surface area contributed by atoms with Crippen LogP contribution < -0.4 is 10.0 Å². The van der Waals surface area contributed by atoms with Crippen LogP contribution in [0.25, 0.3) is 0 Å². The molecule has 0 amide bonds. The standard InChI is InChI=1S/C21H23FN6O2S/c22-17-6-8-18(9-7-17)31(29,30)26-14-15-2-4-16(5-3-15)19-10-13-25-21(27-19)28-20-23-11-1-12-24-20/h1,6-13,15-16,26H,2-5,14H2,(H,23,24,25,27,28). The number of nitrogens with zero attached hydrogens (tertiary/aromatic N) is 4. The SMILES string of the molecule is O=S(=O)(NCC1CCC(c2ccnc(Nc3ncccn3)n2)CC1)c1ccc(F)cc1. The zero-order chi connectivity index (χ0) is 21.7. The summed E-state index contributed by atoms with van der Waals surface area (Å²) in [6.07, 6.45) is 8.63. The zero-order valence-electron chi connectivity index (χ0n) is 16.8. The number of benzene rings is 1. The van der Waals surface area contributed by atoms with Gasteiger partial charge in [0.25, 0.3) is 0 Å². The molecular formula is C21H23FN6O2S. The first-order chi connectivity index (χ1) is 15.0. The van der Waals surface area contributed by atoms with Gasteiger partial charge in [0, 0.05) is 36.7 Å². The zero-order valence-corrected chi connectivity index (χ0v) is 17.6. The van der Waals surface area contributed by atoms with Gasteiger partial charge in [-0.2, -0.15) is 0 Å². The molecule has 4 rings (SSSR count). The molecule has 0 atom stereocenters. The van der Waals surface area contributed by atoms with Gasteiger partial charge in [-0.05, 0) is 68.0 Å². The molecule has 0 saturated heterocycles. The number of nitrogens with one attached hydrogen (secondary N) is 2. The summed E-state index contributed by atoms with van der Waals surface area (Å²) in [6.45, 7) is 0.369. The van der Waals surface area contributed by atoms with Crippen molar-refractivity contribution in [3.63, 3.8) is 0 Å². The molecule has 1 saturated carbocycles. The Hall–Kier alpha value is -2.98. The van der Waals surface area contributed by atoms with Crippen LogP contribution in [-0.2, 0) is 10.0 Å². The molecule has 0 aliphatic heterocycles. The third-order valence-electron chi connectivity index (χ3n) is 5.42. The van der Waals surface area contributed by atoms with Gasteiger partial charge in [-0.1, -0.05) is 0 Å². The number of anilines is 2. The number of halogens is 1. The van der Waals surface area contributed by atoms with E-state index in [9.17, 15) is 12.8 Å². The maximum absolute atomic E-state index is 13.0. The van der Waals surface area contributed by atoms with E-state index >= 15 is 0 Å². The number of hydrogen-bond acceptors (Lipinski definition) is 7. The Balaban J connectivity index is 1.31. The van der Waals surface area contributed by atoms with Crippen molar-refractivity contribution in [2.45, 2.75) is 36.5 Å². The minimum Gasteiger partial charge on any atom is -0.293 e. The first-order valence-electron chi connectivity index (χ1n) is 10.1. The molecular weight excluding hydrogens is 419 g/mol. The molecule has 0 bridgehead atoms. The molecule has 1 aliphatic rings. The fraction of sp³-hybridized carbons (Fsp3) is 0.333. The molecule has 0 spiro atoms. The van der Waals surface area contributed by atoms with Crippen LogP contribution in [0.5, 0.6) is 0 Å². The Morgan fingerprint density at radius 2 is 1.58 bits per heavy atom. The quantitative estimate of drug-likeness (QED) is 0.577. The van der Waals surface area contributed by atoms with E-state index in [-0.39, 0.29) is 10.8 Å². The minimum absolute atomic E-state index is 0.0750. The van der Waals surface area contributed by atoms with Gasteiger partial charge < -0.3 is 0 Å². The molecule has 2 aromatic heterocycles. The van der Waals surface area contributed by atoms with Crippen molar-refractivity contribution < 1.29 is 12.8 Å². The van der Waals surface area contributed by atoms with Gasteiger partial charge in [0.05, 0.1) is 4.90 Å². The molecule has 2 heterocycles. The molecule has 1 aromatic carbocycles. The highest BCUT2D eigenvalue weighted by molar-refractivity contribution is 7.89. The minimum atomic E-state index is -3.63. The number of aromatic nitrogens is 4. The largest absolute Gasteiger partial charge is 0.293 e. The van der Waals surface area contributed by atoms with Crippen molar-refractivity contribution in [2.24, 2.45) is 5.92 Å². The molecule has 3 aromatic rings. The van der Waals surface area contributed by atoms with Crippen molar-refractivity contribution in [1.82, 2.24) is 24.7 Å². The van der Waals surface area contributed by atoms with Crippen molar-refractivity contribution in [2.75, 3.05) is 11.9 Å². The van der Waals surface area contributed by atoms with Gasteiger partial charge in [0.2, 0.25) is 21.9 Å². The molecule has 162 valence electrons. The van der Waals surface area contributed by atoms with E-state index < -0.39 is 15.8 Å². The third-order valence-corrected chi connectivity index (χ3v) is 6.86. The van der Waals surface area contributed by atoms with Crippen LogP contribution in [0.2, 0.25) is 0 Å².